The third-order valence-electron chi connectivity index (χ3n) is 4.12. The van der Waals surface area contributed by atoms with Crippen LogP contribution in [0, 0.1) is 0 Å². The van der Waals surface area contributed by atoms with E-state index in [-0.39, 0.29) is 5.54 Å². The van der Waals surface area contributed by atoms with Crippen LogP contribution in [0.2, 0.25) is 0 Å². The van der Waals surface area contributed by atoms with Gasteiger partial charge in [0.1, 0.15) is 0 Å². The highest BCUT2D eigenvalue weighted by Crippen LogP contribution is 2.40. The van der Waals surface area contributed by atoms with E-state index in [9.17, 15) is 0 Å². The fraction of sp³-hybridized carbons (Fsp3) is 0.235. The smallest absolute Gasteiger partial charge is 0.196 e. The number of rotatable bonds is 3. The Kier molecular flexibility index (Phi) is 3.72. The Bertz CT molecular complexity index is 669. The first kappa shape index (κ1) is 14.1. The summed E-state index contributed by atoms with van der Waals surface area (Å²) in [5.74, 6) is 0.582. The van der Waals surface area contributed by atoms with Gasteiger partial charge in [-0.3, -0.25) is 4.99 Å². The minimum atomic E-state index is -0.202. The summed E-state index contributed by atoms with van der Waals surface area (Å²) in [6, 6.07) is 18.7. The van der Waals surface area contributed by atoms with E-state index in [1.165, 1.54) is 5.56 Å². The van der Waals surface area contributed by atoms with Gasteiger partial charge in [-0.05, 0) is 30.2 Å². The van der Waals surface area contributed by atoms with Crippen molar-refractivity contribution < 1.29 is 0 Å². The minimum absolute atomic E-state index is 0.202. The Labute approximate surface area is 133 Å². The third-order valence-corrected chi connectivity index (χ3v) is 4.62. The van der Waals surface area contributed by atoms with Crippen molar-refractivity contribution in [1.29, 1.82) is 0 Å². The van der Waals surface area contributed by atoms with Crippen LogP contribution in [0.5, 0.6) is 0 Å². The maximum atomic E-state index is 6.21. The fourth-order valence-electron chi connectivity index (χ4n) is 3.01. The first-order valence-electron chi connectivity index (χ1n) is 7.08. The number of anilines is 1. The molecule has 0 saturated heterocycles. The molecule has 0 saturated carbocycles. The van der Waals surface area contributed by atoms with Crippen LogP contribution in [-0.2, 0) is 5.54 Å². The second-order valence-electron chi connectivity index (χ2n) is 5.24. The van der Waals surface area contributed by atoms with E-state index in [1.54, 1.807) is 0 Å². The number of guanidine groups is 1. The molecule has 0 aliphatic carbocycles. The molecule has 2 N–H and O–H groups in total. The van der Waals surface area contributed by atoms with E-state index in [4.69, 9.17) is 5.73 Å². The van der Waals surface area contributed by atoms with Gasteiger partial charge in [0.25, 0.3) is 0 Å². The molecule has 1 heterocycles. The van der Waals surface area contributed by atoms with Crippen LogP contribution >= 0.6 is 15.9 Å². The van der Waals surface area contributed by atoms with Gasteiger partial charge in [-0.1, -0.05) is 59.3 Å². The standard InChI is InChI=1S/C17H18BrN3/c1-2-17(13-7-4-3-5-8-13)12-20-16(19)21(17)15-10-6-9-14(18)11-15/h3-11H,2,12H2,1H3,(H2,19,20). The lowest BCUT2D eigenvalue weighted by molar-refractivity contribution is 0.462. The number of halogens is 1. The van der Waals surface area contributed by atoms with Gasteiger partial charge in [0.15, 0.2) is 5.96 Å². The lowest BCUT2D eigenvalue weighted by Crippen LogP contribution is -2.49. The lowest BCUT2D eigenvalue weighted by atomic mass is 9.86. The number of hydrogen-bond donors (Lipinski definition) is 1. The predicted molar refractivity (Wildman–Crippen MR) is 91.5 cm³/mol. The van der Waals surface area contributed by atoms with Crippen molar-refractivity contribution in [2.24, 2.45) is 10.7 Å². The Hall–Kier alpha value is -1.81. The molecule has 0 spiro atoms. The van der Waals surface area contributed by atoms with Crippen LogP contribution in [0.4, 0.5) is 5.69 Å². The van der Waals surface area contributed by atoms with Gasteiger partial charge in [0.2, 0.25) is 0 Å². The van der Waals surface area contributed by atoms with E-state index in [0.717, 1.165) is 16.6 Å². The maximum Gasteiger partial charge on any atom is 0.196 e. The molecule has 0 fully saturated rings. The van der Waals surface area contributed by atoms with Crippen molar-refractivity contribution in [3.8, 4) is 0 Å². The zero-order chi connectivity index (χ0) is 14.9. The average Bonchev–Trinajstić information content (AvgIpc) is 2.86. The monoisotopic (exact) mass is 343 g/mol. The summed E-state index contributed by atoms with van der Waals surface area (Å²) in [5.41, 5.74) is 8.32. The summed E-state index contributed by atoms with van der Waals surface area (Å²) in [7, 11) is 0. The molecule has 108 valence electrons. The molecule has 1 unspecified atom stereocenters. The van der Waals surface area contributed by atoms with E-state index in [1.807, 2.05) is 18.2 Å². The van der Waals surface area contributed by atoms with Crippen molar-refractivity contribution in [1.82, 2.24) is 0 Å². The van der Waals surface area contributed by atoms with Crippen LogP contribution < -0.4 is 10.6 Å². The van der Waals surface area contributed by atoms with Gasteiger partial charge in [-0.2, -0.15) is 0 Å². The highest BCUT2D eigenvalue weighted by Gasteiger charge is 2.43. The first-order chi connectivity index (χ1) is 10.2. The molecule has 1 atom stereocenters. The molecule has 0 bridgehead atoms. The Morgan fingerprint density at radius 1 is 1.19 bits per heavy atom. The zero-order valence-electron chi connectivity index (χ0n) is 12.0. The molecule has 21 heavy (non-hydrogen) atoms. The third kappa shape index (κ3) is 2.33. The predicted octanol–water partition coefficient (Wildman–Crippen LogP) is 3.89. The van der Waals surface area contributed by atoms with Crippen molar-refractivity contribution in [2.45, 2.75) is 18.9 Å². The van der Waals surface area contributed by atoms with Crippen molar-refractivity contribution in [3.05, 3.63) is 64.6 Å². The topological polar surface area (TPSA) is 41.6 Å². The molecular formula is C17H18BrN3. The van der Waals surface area contributed by atoms with Crippen molar-refractivity contribution in [3.63, 3.8) is 0 Å². The van der Waals surface area contributed by atoms with Crippen LogP contribution in [0.1, 0.15) is 18.9 Å². The molecule has 2 aromatic carbocycles. The molecule has 1 aliphatic heterocycles. The van der Waals surface area contributed by atoms with Crippen LogP contribution in [0.25, 0.3) is 0 Å². The maximum absolute atomic E-state index is 6.21. The van der Waals surface area contributed by atoms with Crippen LogP contribution in [-0.4, -0.2) is 12.5 Å². The number of nitrogens with zero attached hydrogens (tertiary/aromatic N) is 2. The molecular weight excluding hydrogens is 326 g/mol. The first-order valence-corrected chi connectivity index (χ1v) is 7.88. The molecule has 4 heteroatoms. The zero-order valence-corrected chi connectivity index (χ0v) is 13.5. The minimum Gasteiger partial charge on any atom is -0.369 e. The van der Waals surface area contributed by atoms with Gasteiger partial charge in [0, 0.05) is 10.2 Å². The molecule has 0 aromatic heterocycles. The Morgan fingerprint density at radius 3 is 2.62 bits per heavy atom. The number of benzene rings is 2. The summed E-state index contributed by atoms with van der Waals surface area (Å²) in [6.07, 6.45) is 0.938. The van der Waals surface area contributed by atoms with Crippen molar-refractivity contribution >= 4 is 27.6 Å². The lowest BCUT2D eigenvalue weighted by Gasteiger charge is -2.39. The summed E-state index contributed by atoms with van der Waals surface area (Å²) in [5, 5.41) is 0. The normalized spacial score (nSPS) is 21.4. The van der Waals surface area contributed by atoms with E-state index >= 15 is 0 Å². The van der Waals surface area contributed by atoms with Crippen molar-refractivity contribution in [2.75, 3.05) is 11.4 Å². The van der Waals surface area contributed by atoms with Crippen LogP contribution in [0.3, 0.4) is 0 Å². The molecule has 1 aliphatic rings. The second-order valence-corrected chi connectivity index (χ2v) is 6.16. The Balaban J connectivity index is 2.13. The summed E-state index contributed by atoms with van der Waals surface area (Å²) in [4.78, 5) is 6.69. The molecule has 2 aromatic rings. The SMILES string of the molecule is CCC1(c2ccccc2)CN=C(N)N1c1cccc(Br)c1. The molecule has 3 nitrogen and oxygen atoms in total. The van der Waals surface area contributed by atoms with Gasteiger partial charge in [0.05, 0.1) is 12.1 Å². The fourth-order valence-corrected chi connectivity index (χ4v) is 3.40. The van der Waals surface area contributed by atoms with Gasteiger partial charge in [-0.15, -0.1) is 0 Å². The van der Waals surface area contributed by atoms with Gasteiger partial charge in [-0.25, -0.2) is 0 Å². The van der Waals surface area contributed by atoms with Gasteiger partial charge >= 0.3 is 0 Å². The van der Waals surface area contributed by atoms with Gasteiger partial charge < -0.3 is 10.6 Å². The molecule has 0 radical (unpaired) electrons. The van der Waals surface area contributed by atoms with E-state index in [0.29, 0.717) is 12.5 Å². The molecule has 3 rings (SSSR count). The second kappa shape index (κ2) is 5.53. The van der Waals surface area contributed by atoms with E-state index in [2.05, 4.69) is 69.1 Å². The number of nitrogens with two attached hydrogens (primary N) is 1. The summed E-state index contributed by atoms with van der Waals surface area (Å²) >= 11 is 3.54. The molecule has 0 amide bonds. The summed E-state index contributed by atoms with van der Waals surface area (Å²) in [6.45, 7) is 2.87. The van der Waals surface area contributed by atoms with Crippen LogP contribution in [0.15, 0.2) is 64.1 Å². The highest BCUT2D eigenvalue weighted by molar-refractivity contribution is 9.10. The number of aliphatic imine (C=N–C) groups is 1. The van der Waals surface area contributed by atoms with E-state index < -0.39 is 0 Å². The number of hydrogen-bond acceptors (Lipinski definition) is 3. The summed E-state index contributed by atoms with van der Waals surface area (Å²) < 4.78 is 1.04. The average molecular weight is 344 g/mol. The Morgan fingerprint density at radius 2 is 1.95 bits per heavy atom. The largest absolute Gasteiger partial charge is 0.369 e. The highest BCUT2D eigenvalue weighted by atomic mass is 79.9. The quantitative estimate of drug-likeness (QED) is 0.918.